The van der Waals surface area contributed by atoms with E-state index in [-0.39, 0.29) is 11.9 Å². The molecule has 3 heterocycles. The number of nitrogens with one attached hydrogen (secondary N) is 1. The van der Waals surface area contributed by atoms with Crippen LogP contribution in [0.3, 0.4) is 0 Å². The molecular weight excluding hydrogens is 374 g/mol. The van der Waals surface area contributed by atoms with E-state index in [0.29, 0.717) is 5.56 Å². The normalized spacial score (nSPS) is 15.3. The Morgan fingerprint density at radius 1 is 1.13 bits per heavy atom. The molecule has 1 saturated heterocycles. The van der Waals surface area contributed by atoms with Gasteiger partial charge in [0.1, 0.15) is 0 Å². The highest BCUT2D eigenvalue weighted by Crippen LogP contribution is 2.18. The van der Waals surface area contributed by atoms with Gasteiger partial charge in [-0.05, 0) is 50.5 Å². The van der Waals surface area contributed by atoms with Crippen molar-refractivity contribution >= 4 is 5.91 Å². The smallest absolute Gasteiger partial charge is 0.254 e. The fourth-order valence-corrected chi connectivity index (χ4v) is 4.03. The summed E-state index contributed by atoms with van der Waals surface area (Å²) in [6.45, 7) is 6.92. The number of pyridine rings is 1. The largest absolute Gasteiger partial charge is 0.349 e. The number of piperidine rings is 1. The minimum atomic E-state index is -0.0200. The molecule has 1 aromatic carbocycles. The van der Waals surface area contributed by atoms with Crippen LogP contribution < -0.4 is 5.32 Å². The Hall–Kier alpha value is -2.99. The van der Waals surface area contributed by atoms with Crippen LogP contribution >= 0.6 is 0 Å². The van der Waals surface area contributed by atoms with Crippen molar-refractivity contribution in [3.8, 4) is 5.69 Å². The summed E-state index contributed by atoms with van der Waals surface area (Å²) in [4.78, 5) is 19.8. The monoisotopic (exact) mass is 403 g/mol. The van der Waals surface area contributed by atoms with Gasteiger partial charge in [-0.2, -0.15) is 5.10 Å². The van der Waals surface area contributed by atoms with Crippen LogP contribution in [-0.2, 0) is 13.0 Å². The summed E-state index contributed by atoms with van der Waals surface area (Å²) in [7, 11) is 0. The first-order chi connectivity index (χ1) is 14.6. The van der Waals surface area contributed by atoms with Crippen LogP contribution in [0.1, 0.15) is 47.1 Å². The van der Waals surface area contributed by atoms with Gasteiger partial charge in [-0.25, -0.2) is 4.68 Å². The fourth-order valence-electron chi connectivity index (χ4n) is 4.03. The molecule has 1 aliphatic heterocycles. The Morgan fingerprint density at radius 3 is 2.57 bits per heavy atom. The molecule has 30 heavy (non-hydrogen) atoms. The zero-order valence-corrected chi connectivity index (χ0v) is 17.7. The van der Waals surface area contributed by atoms with E-state index in [1.807, 2.05) is 35.1 Å². The minimum absolute atomic E-state index is 0.0200. The molecule has 1 fully saturated rings. The van der Waals surface area contributed by atoms with Gasteiger partial charge < -0.3 is 5.32 Å². The van der Waals surface area contributed by atoms with Gasteiger partial charge in [-0.3, -0.25) is 14.7 Å². The highest BCUT2D eigenvalue weighted by molar-refractivity contribution is 5.95. The van der Waals surface area contributed by atoms with Crippen LogP contribution in [0.25, 0.3) is 5.69 Å². The lowest BCUT2D eigenvalue weighted by Gasteiger charge is -2.32. The van der Waals surface area contributed by atoms with Crippen LogP contribution in [0.5, 0.6) is 0 Å². The summed E-state index contributed by atoms with van der Waals surface area (Å²) in [5.74, 6) is -0.0200. The van der Waals surface area contributed by atoms with Gasteiger partial charge in [0.2, 0.25) is 0 Å². The Kier molecular flexibility index (Phi) is 6.23. The van der Waals surface area contributed by atoms with E-state index in [4.69, 9.17) is 0 Å². The molecule has 2 aromatic heterocycles. The molecule has 0 bridgehead atoms. The molecule has 1 amide bonds. The zero-order valence-electron chi connectivity index (χ0n) is 17.7. The van der Waals surface area contributed by atoms with Crippen LogP contribution in [0.2, 0.25) is 0 Å². The molecule has 1 aliphatic rings. The summed E-state index contributed by atoms with van der Waals surface area (Å²) in [6, 6.07) is 14.4. The van der Waals surface area contributed by atoms with Gasteiger partial charge >= 0.3 is 0 Å². The summed E-state index contributed by atoms with van der Waals surface area (Å²) in [5, 5.41) is 7.73. The number of nitrogens with zero attached hydrogens (tertiary/aromatic N) is 4. The molecule has 0 atom stereocenters. The van der Waals surface area contributed by atoms with E-state index in [2.05, 4.69) is 52.3 Å². The third-order valence-corrected chi connectivity index (χ3v) is 5.76. The minimum Gasteiger partial charge on any atom is -0.349 e. The van der Waals surface area contributed by atoms with Gasteiger partial charge in [0.05, 0.1) is 28.8 Å². The molecule has 0 unspecified atom stereocenters. The molecule has 1 N–H and O–H groups in total. The Bertz CT molecular complexity index is 973. The van der Waals surface area contributed by atoms with Crippen molar-refractivity contribution in [3.05, 3.63) is 77.4 Å². The van der Waals surface area contributed by atoms with Crippen molar-refractivity contribution in [3.63, 3.8) is 0 Å². The highest BCUT2D eigenvalue weighted by atomic mass is 16.1. The Labute approximate surface area is 177 Å². The molecule has 3 aromatic rings. The quantitative estimate of drug-likeness (QED) is 0.684. The van der Waals surface area contributed by atoms with Crippen molar-refractivity contribution in [1.29, 1.82) is 0 Å². The average molecular weight is 404 g/mol. The molecule has 0 radical (unpaired) electrons. The molecular formula is C24H29N5O. The fraction of sp³-hybridized carbons (Fsp3) is 0.375. The maximum Gasteiger partial charge on any atom is 0.254 e. The number of aromatic nitrogens is 3. The number of carbonyl (C=O) groups is 1. The van der Waals surface area contributed by atoms with Gasteiger partial charge in [-0.15, -0.1) is 0 Å². The molecule has 6 heteroatoms. The van der Waals surface area contributed by atoms with E-state index < -0.39 is 0 Å². The van der Waals surface area contributed by atoms with Crippen LogP contribution in [0, 0.1) is 6.92 Å². The van der Waals surface area contributed by atoms with Crippen molar-refractivity contribution < 1.29 is 4.79 Å². The van der Waals surface area contributed by atoms with Crippen LogP contribution in [0.15, 0.2) is 54.9 Å². The summed E-state index contributed by atoms with van der Waals surface area (Å²) in [6.07, 6.45) is 6.19. The lowest BCUT2D eigenvalue weighted by molar-refractivity contribution is 0.0907. The second-order valence-corrected chi connectivity index (χ2v) is 7.95. The standard InChI is InChI=1S/C24H29N5O/c1-3-23-22(16-26-29(23)21-9-7-18(2)8-10-21)24(30)27-19-11-14-28(15-12-19)17-20-6-4-5-13-25-20/h4-10,13,16,19H,3,11-12,14-15,17H2,1-2H3,(H,27,30). The summed E-state index contributed by atoms with van der Waals surface area (Å²) >= 11 is 0. The summed E-state index contributed by atoms with van der Waals surface area (Å²) < 4.78 is 1.88. The zero-order chi connectivity index (χ0) is 20.9. The molecule has 6 nitrogen and oxygen atoms in total. The maximum absolute atomic E-state index is 13.0. The van der Waals surface area contributed by atoms with Gasteiger partial charge in [-0.1, -0.05) is 30.7 Å². The molecule has 156 valence electrons. The molecule has 0 spiro atoms. The van der Waals surface area contributed by atoms with Crippen molar-refractivity contribution in [2.75, 3.05) is 13.1 Å². The Balaban J connectivity index is 1.37. The van der Waals surface area contributed by atoms with Crippen molar-refractivity contribution in [2.24, 2.45) is 0 Å². The van der Waals surface area contributed by atoms with E-state index in [1.54, 1.807) is 6.20 Å². The maximum atomic E-state index is 13.0. The number of rotatable bonds is 6. The van der Waals surface area contributed by atoms with E-state index in [0.717, 1.165) is 56.0 Å². The average Bonchev–Trinajstić information content (AvgIpc) is 3.21. The predicted molar refractivity (Wildman–Crippen MR) is 118 cm³/mol. The van der Waals surface area contributed by atoms with Crippen LogP contribution in [0.4, 0.5) is 0 Å². The van der Waals surface area contributed by atoms with E-state index in [9.17, 15) is 4.79 Å². The second kappa shape index (κ2) is 9.22. The van der Waals surface area contributed by atoms with Crippen molar-refractivity contribution in [2.45, 2.75) is 45.7 Å². The number of carbonyl (C=O) groups excluding carboxylic acids is 1. The topological polar surface area (TPSA) is 63.1 Å². The first-order valence-corrected chi connectivity index (χ1v) is 10.7. The number of hydrogen-bond donors (Lipinski definition) is 1. The highest BCUT2D eigenvalue weighted by Gasteiger charge is 2.24. The molecule has 4 rings (SSSR count). The third kappa shape index (κ3) is 4.60. The number of amides is 1. The van der Waals surface area contributed by atoms with Gasteiger partial charge in [0, 0.05) is 31.9 Å². The lowest BCUT2D eigenvalue weighted by atomic mass is 10.0. The van der Waals surface area contributed by atoms with E-state index in [1.165, 1.54) is 5.56 Å². The van der Waals surface area contributed by atoms with E-state index >= 15 is 0 Å². The van der Waals surface area contributed by atoms with Gasteiger partial charge in [0.25, 0.3) is 5.91 Å². The lowest BCUT2D eigenvalue weighted by Crippen LogP contribution is -2.44. The number of aryl methyl sites for hydroxylation is 1. The predicted octanol–water partition coefficient (Wildman–Crippen LogP) is 3.53. The first-order valence-electron chi connectivity index (χ1n) is 10.7. The summed E-state index contributed by atoms with van der Waals surface area (Å²) in [5.41, 5.74) is 4.91. The number of benzene rings is 1. The SMILES string of the molecule is CCc1c(C(=O)NC2CCN(Cc3ccccn3)CC2)cnn1-c1ccc(C)cc1. The Morgan fingerprint density at radius 2 is 1.90 bits per heavy atom. The molecule has 0 aliphatic carbocycles. The third-order valence-electron chi connectivity index (χ3n) is 5.76. The van der Waals surface area contributed by atoms with Crippen LogP contribution in [-0.4, -0.2) is 44.7 Å². The number of hydrogen-bond acceptors (Lipinski definition) is 4. The van der Waals surface area contributed by atoms with Crippen molar-refractivity contribution in [1.82, 2.24) is 25.0 Å². The first kappa shape index (κ1) is 20.3. The van der Waals surface area contributed by atoms with Gasteiger partial charge in [0.15, 0.2) is 0 Å². The molecule has 0 saturated carbocycles. The number of likely N-dealkylation sites (tertiary alicyclic amines) is 1. The second-order valence-electron chi connectivity index (χ2n) is 7.95.